The molecule has 1 atom stereocenters. The number of nitrogens with zero attached hydrogens (tertiary/aromatic N) is 2. The first-order valence-corrected chi connectivity index (χ1v) is 9.22. The molecule has 0 radical (unpaired) electrons. The van der Waals surface area contributed by atoms with Crippen molar-refractivity contribution in [2.24, 2.45) is 4.99 Å². The van der Waals surface area contributed by atoms with Gasteiger partial charge >= 0.3 is 0 Å². The molecule has 0 aromatic heterocycles. The van der Waals surface area contributed by atoms with E-state index >= 15 is 0 Å². The average molecular weight is 407 g/mol. The number of rotatable bonds is 5. The lowest BCUT2D eigenvalue weighted by molar-refractivity contribution is -0.129. The number of thioether (sulfide) groups is 1. The summed E-state index contributed by atoms with van der Waals surface area (Å²) in [6, 6.07) is 8.82. The van der Waals surface area contributed by atoms with Crippen molar-refractivity contribution >= 4 is 34.4 Å². The second kappa shape index (κ2) is 8.47. The highest BCUT2D eigenvalue weighted by molar-refractivity contribution is 8.15. The van der Waals surface area contributed by atoms with Crippen LogP contribution in [0.1, 0.15) is 12.0 Å². The molecule has 1 aliphatic heterocycles. The SMILES string of the molecule is CNC(=O)C[C@@H]1SC(=Nc2ccc(F)cc2F)N(Cc2ccccc2F)C1=O. The summed E-state index contributed by atoms with van der Waals surface area (Å²) in [4.78, 5) is 29.8. The maximum absolute atomic E-state index is 14.0. The first kappa shape index (κ1) is 19.9. The Balaban J connectivity index is 1.96. The van der Waals surface area contributed by atoms with Gasteiger partial charge in [-0.2, -0.15) is 0 Å². The molecule has 1 heterocycles. The van der Waals surface area contributed by atoms with E-state index in [1.54, 1.807) is 6.07 Å². The van der Waals surface area contributed by atoms with Crippen molar-refractivity contribution in [2.45, 2.75) is 18.2 Å². The maximum atomic E-state index is 14.0. The second-order valence-electron chi connectivity index (χ2n) is 5.99. The number of aliphatic imine (C=N–C) groups is 1. The van der Waals surface area contributed by atoms with Gasteiger partial charge in [0, 0.05) is 25.1 Å². The number of halogens is 3. The molecular weight excluding hydrogens is 391 g/mol. The van der Waals surface area contributed by atoms with E-state index in [-0.39, 0.29) is 35.3 Å². The number of hydrogen-bond donors (Lipinski definition) is 1. The fraction of sp³-hybridized carbons (Fsp3) is 0.211. The standard InChI is InChI=1S/C19H16F3N3O2S/c1-23-17(26)9-16-18(27)25(10-11-4-2-3-5-13(11)21)19(28-16)24-15-7-6-12(20)8-14(15)22/h2-8,16H,9-10H2,1H3,(H,23,26)/t16-/m0/s1. The maximum Gasteiger partial charge on any atom is 0.242 e. The Labute approximate surface area is 163 Å². The Morgan fingerprint density at radius 1 is 1.18 bits per heavy atom. The summed E-state index contributed by atoms with van der Waals surface area (Å²) in [5, 5.41) is 1.79. The Bertz CT molecular complexity index is 952. The lowest BCUT2D eigenvalue weighted by atomic mass is 10.2. The third-order valence-corrected chi connectivity index (χ3v) is 5.26. The first-order chi connectivity index (χ1) is 13.4. The fourth-order valence-corrected chi connectivity index (χ4v) is 3.76. The van der Waals surface area contributed by atoms with E-state index in [1.807, 2.05) is 0 Å². The van der Waals surface area contributed by atoms with E-state index in [4.69, 9.17) is 0 Å². The van der Waals surface area contributed by atoms with Crippen LogP contribution in [0.3, 0.4) is 0 Å². The summed E-state index contributed by atoms with van der Waals surface area (Å²) in [6.45, 7) is -0.121. The highest BCUT2D eigenvalue weighted by atomic mass is 32.2. The van der Waals surface area contributed by atoms with E-state index in [9.17, 15) is 22.8 Å². The number of carbonyl (C=O) groups excluding carboxylic acids is 2. The molecule has 2 aromatic carbocycles. The molecule has 2 amide bonds. The zero-order valence-electron chi connectivity index (χ0n) is 14.8. The molecule has 146 valence electrons. The minimum atomic E-state index is -0.888. The van der Waals surface area contributed by atoms with Crippen LogP contribution in [0.25, 0.3) is 0 Å². The largest absolute Gasteiger partial charge is 0.359 e. The molecule has 0 bridgehead atoms. The van der Waals surface area contributed by atoms with Gasteiger partial charge in [-0.05, 0) is 18.2 Å². The summed E-state index contributed by atoms with van der Waals surface area (Å²) in [6.07, 6.45) is -0.0985. The van der Waals surface area contributed by atoms with Crippen molar-refractivity contribution in [3.63, 3.8) is 0 Å². The lowest BCUT2D eigenvalue weighted by Gasteiger charge is -2.17. The minimum absolute atomic E-state index is 0.0985. The van der Waals surface area contributed by atoms with Gasteiger partial charge in [0.1, 0.15) is 22.6 Å². The molecule has 28 heavy (non-hydrogen) atoms. The summed E-state index contributed by atoms with van der Waals surface area (Å²) in [5.41, 5.74) is 0.0974. The number of amides is 2. The summed E-state index contributed by atoms with van der Waals surface area (Å²) < 4.78 is 41.2. The Morgan fingerprint density at radius 2 is 1.93 bits per heavy atom. The fourth-order valence-electron chi connectivity index (χ4n) is 2.61. The van der Waals surface area contributed by atoms with Gasteiger partial charge < -0.3 is 5.32 Å². The third-order valence-electron chi connectivity index (χ3n) is 4.08. The Kier molecular flexibility index (Phi) is 6.03. The highest BCUT2D eigenvalue weighted by Gasteiger charge is 2.39. The van der Waals surface area contributed by atoms with Gasteiger partial charge in [0.15, 0.2) is 11.0 Å². The molecule has 0 aliphatic carbocycles. The molecule has 1 aliphatic rings. The highest BCUT2D eigenvalue weighted by Crippen LogP contribution is 2.33. The molecule has 9 heteroatoms. The van der Waals surface area contributed by atoms with Crippen molar-refractivity contribution in [2.75, 3.05) is 7.05 Å². The minimum Gasteiger partial charge on any atom is -0.359 e. The molecule has 0 unspecified atom stereocenters. The van der Waals surface area contributed by atoms with E-state index in [1.165, 1.54) is 30.1 Å². The van der Waals surface area contributed by atoms with Gasteiger partial charge in [0.2, 0.25) is 11.8 Å². The van der Waals surface area contributed by atoms with Crippen LogP contribution < -0.4 is 5.32 Å². The normalized spacial score (nSPS) is 18.0. The van der Waals surface area contributed by atoms with Gasteiger partial charge in [-0.1, -0.05) is 30.0 Å². The van der Waals surface area contributed by atoms with Crippen LogP contribution in [-0.2, 0) is 16.1 Å². The van der Waals surface area contributed by atoms with Crippen LogP contribution in [0.4, 0.5) is 18.9 Å². The predicted octanol–water partition coefficient (Wildman–Crippen LogP) is 3.37. The zero-order chi connectivity index (χ0) is 20.3. The van der Waals surface area contributed by atoms with Crippen LogP contribution in [0.15, 0.2) is 47.5 Å². The smallest absolute Gasteiger partial charge is 0.242 e. The van der Waals surface area contributed by atoms with E-state index in [2.05, 4.69) is 10.3 Å². The van der Waals surface area contributed by atoms with Crippen molar-refractivity contribution in [3.8, 4) is 0 Å². The Hall–Kier alpha value is -2.81. The van der Waals surface area contributed by atoms with E-state index in [0.717, 1.165) is 23.9 Å². The molecular formula is C19H16F3N3O2S. The number of nitrogens with one attached hydrogen (secondary N) is 1. The number of hydrogen-bond acceptors (Lipinski definition) is 4. The average Bonchev–Trinajstić information content (AvgIpc) is 2.94. The topological polar surface area (TPSA) is 61.8 Å². The monoisotopic (exact) mass is 407 g/mol. The molecule has 5 nitrogen and oxygen atoms in total. The van der Waals surface area contributed by atoms with Crippen LogP contribution in [0.5, 0.6) is 0 Å². The molecule has 1 N–H and O–H groups in total. The van der Waals surface area contributed by atoms with Crippen LogP contribution >= 0.6 is 11.8 Å². The quantitative estimate of drug-likeness (QED) is 0.827. The van der Waals surface area contributed by atoms with Gasteiger partial charge in [0.25, 0.3) is 0 Å². The predicted molar refractivity (Wildman–Crippen MR) is 100 cm³/mol. The number of benzene rings is 2. The zero-order valence-corrected chi connectivity index (χ0v) is 15.6. The number of amidine groups is 1. The van der Waals surface area contributed by atoms with E-state index in [0.29, 0.717) is 6.07 Å². The van der Waals surface area contributed by atoms with Gasteiger partial charge in [-0.25, -0.2) is 18.2 Å². The Morgan fingerprint density at radius 3 is 2.61 bits per heavy atom. The molecule has 2 aromatic rings. The molecule has 3 rings (SSSR count). The first-order valence-electron chi connectivity index (χ1n) is 8.35. The molecule has 0 spiro atoms. The van der Waals surface area contributed by atoms with Crippen molar-refractivity contribution in [3.05, 3.63) is 65.5 Å². The summed E-state index contributed by atoms with van der Waals surface area (Å²) in [7, 11) is 1.45. The summed E-state index contributed by atoms with van der Waals surface area (Å²) in [5.74, 6) is -2.91. The third kappa shape index (κ3) is 4.36. The van der Waals surface area contributed by atoms with Crippen LogP contribution in [0.2, 0.25) is 0 Å². The van der Waals surface area contributed by atoms with Gasteiger partial charge in [-0.15, -0.1) is 0 Å². The van der Waals surface area contributed by atoms with Crippen LogP contribution in [-0.4, -0.2) is 34.2 Å². The van der Waals surface area contributed by atoms with Crippen molar-refractivity contribution in [1.82, 2.24) is 10.2 Å². The van der Waals surface area contributed by atoms with Gasteiger partial charge in [-0.3, -0.25) is 14.5 Å². The molecule has 1 fully saturated rings. The molecule has 1 saturated heterocycles. The van der Waals surface area contributed by atoms with Crippen LogP contribution in [0, 0.1) is 17.5 Å². The lowest BCUT2D eigenvalue weighted by Crippen LogP contribution is -2.34. The summed E-state index contributed by atoms with van der Waals surface area (Å²) >= 11 is 0.986. The van der Waals surface area contributed by atoms with Crippen molar-refractivity contribution < 1.29 is 22.8 Å². The second-order valence-corrected chi connectivity index (χ2v) is 7.16. The van der Waals surface area contributed by atoms with Gasteiger partial charge in [0.05, 0.1) is 6.54 Å². The van der Waals surface area contributed by atoms with E-state index < -0.39 is 28.6 Å². The van der Waals surface area contributed by atoms with Crippen molar-refractivity contribution in [1.29, 1.82) is 0 Å². The number of carbonyl (C=O) groups is 2. The molecule has 0 saturated carbocycles.